The van der Waals surface area contributed by atoms with E-state index >= 15 is 0 Å². The lowest BCUT2D eigenvalue weighted by atomic mass is 10.2. The number of aryl methyl sites for hydroxylation is 1. The second-order valence-corrected chi connectivity index (χ2v) is 6.22. The summed E-state index contributed by atoms with van der Waals surface area (Å²) in [5.41, 5.74) is 2.95. The van der Waals surface area contributed by atoms with E-state index in [0.29, 0.717) is 6.10 Å². The van der Waals surface area contributed by atoms with Crippen molar-refractivity contribution < 1.29 is 9.47 Å². The number of ether oxygens (including phenoxy) is 2. The number of aromatic nitrogens is 1. The number of aliphatic imine (C=N–C) groups is 1. The van der Waals surface area contributed by atoms with Gasteiger partial charge < -0.3 is 20.1 Å². The zero-order valence-corrected chi connectivity index (χ0v) is 14.2. The lowest BCUT2D eigenvalue weighted by Crippen LogP contribution is -2.37. The molecule has 1 aromatic rings. The standard InChI is InChI=1S/C15H26N4O2S/c1-12-14(22-11-19-12)9-18-15(16-2)17-6-4-7-20-10-13-5-3-8-21-13/h11,13H,3-10H2,1-2H3,(H2,16,17,18). The molecule has 7 heteroatoms. The first-order valence-corrected chi connectivity index (χ1v) is 8.70. The molecule has 1 unspecified atom stereocenters. The number of thiazole rings is 1. The summed E-state index contributed by atoms with van der Waals surface area (Å²) in [6.07, 6.45) is 3.56. The number of nitrogens with zero attached hydrogens (tertiary/aromatic N) is 2. The SMILES string of the molecule is CN=C(NCCCOCC1CCCO1)NCc1scnc1C. The Morgan fingerprint density at radius 2 is 2.45 bits per heavy atom. The zero-order chi connectivity index (χ0) is 15.6. The first kappa shape index (κ1) is 17.2. The minimum atomic E-state index is 0.310. The topological polar surface area (TPSA) is 67.8 Å². The summed E-state index contributed by atoms with van der Waals surface area (Å²) in [6.45, 7) is 5.97. The summed E-state index contributed by atoms with van der Waals surface area (Å²) in [4.78, 5) is 9.69. The van der Waals surface area contributed by atoms with Gasteiger partial charge in [0.05, 0.1) is 30.5 Å². The minimum absolute atomic E-state index is 0.310. The lowest BCUT2D eigenvalue weighted by Gasteiger charge is -2.12. The number of hydrogen-bond donors (Lipinski definition) is 2. The van der Waals surface area contributed by atoms with Crippen molar-refractivity contribution in [2.45, 2.75) is 38.8 Å². The van der Waals surface area contributed by atoms with Crippen LogP contribution < -0.4 is 10.6 Å². The van der Waals surface area contributed by atoms with Crippen LogP contribution in [0.4, 0.5) is 0 Å². The Morgan fingerprint density at radius 1 is 1.55 bits per heavy atom. The van der Waals surface area contributed by atoms with Crippen molar-refractivity contribution in [3.8, 4) is 0 Å². The Kier molecular flexibility index (Phi) is 7.62. The number of guanidine groups is 1. The highest BCUT2D eigenvalue weighted by Crippen LogP contribution is 2.12. The maximum Gasteiger partial charge on any atom is 0.191 e. The van der Waals surface area contributed by atoms with E-state index in [0.717, 1.165) is 63.8 Å². The Labute approximate surface area is 136 Å². The van der Waals surface area contributed by atoms with Crippen LogP contribution in [0.5, 0.6) is 0 Å². The van der Waals surface area contributed by atoms with Crippen LogP contribution in [0.15, 0.2) is 10.5 Å². The van der Waals surface area contributed by atoms with Crippen molar-refractivity contribution in [1.29, 1.82) is 0 Å². The molecule has 0 amide bonds. The summed E-state index contributed by atoms with van der Waals surface area (Å²) in [7, 11) is 1.78. The second kappa shape index (κ2) is 9.76. The third kappa shape index (κ3) is 5.90. The number of rotatable bonds is 8. The monoisotopic (exact) mass is 326 g/mol. The first-order chi connectivity index (χ1) is 10.8. The van der Waals surface area contributed by atoms with Crippen LogP contribution in [-0.2, 0) is 16.0 Å². The molecule has 2 N–H and O–H groups in total. The highest BCUT2D eigenvalue weighted by atomic mass is 32.1. The molecule has 0 radical (unpaired) electrons. The third-order valence-corrected chi connectivity index (χ3v) is 4.51. The fourth-order valence-electron chi connectivity index (χ4n) is 2.25. The van der Waals surface area contributed by atoms with Gasteiger partial charge in [0.25, 0.3) is 0 Å². The molecule has 2 rings (SSSR count). The van der Waals surface area contributed by atoms with E-state index in [1.165, 1.54) is 4.88 Å². The van der Waals surface area contributed by atoms with E-state index in [9.17, 15) is 0 Å². The molecule has 0 aromatic carbocycles. The molecule has 1 saturated heterocycles. The molecule has 1 aliphatic heterocycles. The van der Waals surface area contributed by atoms with Crippen molar-refractivity contribution in [2.75, 3.05) is 33.4 Å². The van der Waals surface area contributed by atoms with Crippen LogP contribution in [0, 0.1) is 6.92 Å². The molecule has 6 nitrogen and oxygen atoms in total. The van der Waals surface area contributed by atoms with Crippen molar-refractivity contribution >= 4 is 17.3 Å². The van der Waals surface area contributed by atoms with E-state index in [4.69, 9.17) is 9.47 Å². The van der Waals surface area contributed by atoms with Gasteiger partial charge in [0, 0.05) is 31.7 Å². The van der Waals surface area contributed by atoms with Gasteiger partial charge in [-0.3, -0.25) is 4.99 Å². The Balaban J connectivity index is 1.51. The van der Waals surface area contributed by atoms with Gasteiger partial charge in [-0.25, -0.2) is 4.98 Å². The van der Waals surface area contributed by atoms with Crippen LogP contribution in [0.1, 0.15) is 29.8 Å². The van der Waals surface area contributed by atoms with Crippen molar-refractivity contribution in [3.63, 3.8) is 0 Å². The molecule has 1 atom stereocenters. The van der Waals surface area contributed by atoms with Crippen LogP contribution in [0.2, 0.25) is 0 Å². The first-order valence-electron chi connectivity index (χ1n) is 7.82. The van der Waals surface area contributed by atoms with Gasteiger partial charge in [-0.15, -0.1) is 11.3 Å². The van der Waals surface area contributed by atoms with E-state index in [2.05, 4.69) is 20.6 Å². The molecule has 22 heavy (non-hydrogen) atoms. The van der Waals surface area contributed by atoms with Crippen LogP contribution in [-0.4, -0.2) is 50.5 Å². The average Bonchev–Trinajstić information content (AvgIpc) is 3.17. The summed E-state index contributed by atoms with van der Waals surface area (Å²) in [6, 6.07) is 0. The minimum Gasteiger partial charge on any atom is -0.379 e. The van der Waals surface area contributed by atoms with Crippen molar-refractivity contribution in [1.82, 2.24) is 15.6 Å². The van der Waals surface area contributed by atoms with Gasteiger partial charge in [0.15, 0.2) is 5.96 Å². The number of nitrogens with one attached hydrogen (secondary N) is 2. The molecular formula is C15H26N4O2S. The summed E-state index contributed by atoms with van der Waals surface area (Å²) < 4.78 is 11.2. The Bertz CT molecular complexity index is 458. The molecule has 1 fully saturated rings. The van der Waals surface area contributed by atoms with E-state index < -0.39 is 0 Å². The molecule has 0 bridgehead atoms. The van der Waals surface area contributed by atoms with Gasteiger partial charge in [-0.1, -0.05) is 0 Å². The van der Waals surface area contributed by atoms with Gasteiger partial charge in [-0.05, 0) is 26.2 Å². The maximum atomic E-state index is 5.64. The maximum absolute atomic E-state index is 5.64. The Hall–Kier alpha value is -1.18. The van der Waals surface area contributed by atoms with Crippen LogP contribution in [0.3, 0.4) is 0 Å². The molecular weight excluding hydrogens is 300 g/mol. The molecule has 0 aliphatic carbocycles. The summed E-state index contributed by atoms with van der Waals surface area (Å²) in [5, 5.41) is 6.59. The summed E-state index contributed by atoms with van der Waals surface area (Å²) >= 11 is 1.66. The van der Waals surface area contributed by atoms with Gasteiger partial charge in [0.2, 0.25) is 0 Å². The second-order valence-electron chi connectivity index (χ2n) is 5.28. The lowest BCUT2D eigenvalue weighted by molar-refractivity contribution is 0.0168. The van der Waals surface area contributed by atoms with Crippen LogP contribution >= 0.6 is 11.3 Å². The van der Waals surface area contributed by atoms with Crippen LogP contribution in [0.25, 0.3) is 0 Å². The predicted molar refractivity (Wildman–Crippen MR) is 89.5 cm³/mol. The highest BCUT2D eigenvalue weighted by Gasteiger charge is 2.14. The quantitative estimate of drug-likeness (QED) is 0.432. The van der Waals surface area contributed by atoms with Gasteiger partial charge in [-0.2, -0.15) is 0 Å². The van der Waals surface area contributed by atoms with E-state index in [1.54, 1.807) is 18.4 Å². The van der Waals surface area contributed by atoms with Crippen molar-refractivity contribution in [2.24, 2.45) is 4.99 Å². The van der Waals surface area contributed by atoms with Gasteiger partial charge >= 0.3 is 0 Å². The van der Waals surface area contributed by atoms with E-state index in [-0.39, 0.29) is 0 Å². The highest BCUT2D eigenvalue weighted by molar-refractivity contribution is 7.09. The predicted octanol–water partition coefficient (Wildman–Crippen LogP) is 1.70. The van der Waals surface area contributed by atoms with Gasteiger partial charge in [0.1, 0.15) is 0 Å². The fraction of sp³-hybridized carbons (Fsp3) is 0.733. The third-order valence-electron chi connectivity index (χ3n) is 3.57. The molecule has 0 spiro atoms. The average molecular weight is 326 g/mol. The molecule has 124 valence electrons. The number of hydrogen-bond acceptors (Lipinski definition) is 5. The Morgan fingerprint density at radius 3 is 3.14 bits per heavy atom. The largest absolute Gasteiger partial charge is 0.379 e. The molecule has 0 saturated carbocycles. The molecule has 2 heterocycles. The van der Waals surface area contributed by atoms with Crippen molar-refractivity contribution in [3.05, 3.63) is 16.1 Å². The summed E-state index contributed by atoms with van der Waals surface area (Å²) in [5.74, 6) is 0.812. The fourth-order valence-corrected chi connectivity index (χ4v) is 2.97. The normalized spacial score (nSPS) is 18.6. The zero-order valence-electron chi connectivity index (χ0n) is 13.4. The van der Waals surface area contributed by atoms with E-state index in [1.807, 2.05) is 12.4 Å². The smallest absolute Gasteiger partial charge is 0.191 e. The molecule has 1 aromatic heterocycles. The molecule has 1 aliphatic rings.